The zero-order chi connectivity index (χ0) is 14.3. The maximum Gasteiger partial charge on any atom is 0.250 e. The number of likely N-dealkylation sites (N-methyl/N-ethyl adjacent to an activating group) is 1. The normalized spacial score (nSPS) is 10.9. The van der Waals surface area contributed by atoms with Gasteiger partial charge in [-0.2, -0.15) is 0 Å². The van der Waals surface area contributed by atoms with E-state index in [2.05, 4.69) is 15.4 Å². The Morgan fingerprint density at radius 2 is 2.00 bits per heavy atom. The lowest BCUT2D eigenvalue weighted by Gasteiger charge is -2.04. The average molecular weight is 342 g/mol. The lowest BCUT2D eigenvalue weighted by molar-refractivity contribution is -0.119. The first kappa shape index (κ1) is 19.3. The van der Waals surface area contributed by atoms with Gasteiger partial charge in [0.2, 0.25) is 15.9 Å². The summed E-state index contributed by atoms with van der Waals surface area (Å²) in [6.07, 6.45) is 0. The fourth-order valence-electron chi connectivity index (χ4n) is 1.33. The van der Waals surface area contributed by atoms with Crippen LogP contribution < -0.4 is 15.4 Å². The van der Waals surface area contributed by atoms with Gasteiger partial charge < -0.3 is 10.6 Å². The number of sulfonamides is 1. The molecule has 1 aromatic heterocycles. The molecule has 0 aliphatic carbocycles. The lowest BCUT2D eigenvalue weighted by Crippen LogP contribution is -2.31. The van der Waals surface area contributed by atoms with Crippen molar-refractivity contribution in [2.24, 2.45) is 0 Å². The number of hydrogen-bond donors (Lipinski definition) is 3. The Balaban J connectivity index is 0.00000361. The second kappa shape index (κ2) is 9.30. The number of hydrogen-bond acceptors (Lipinski definition) is 5. The van der Waals surface area contributed by atoms with Crippen molar-refractivity contribution in [1.29, 1.82) is 0 Å². The smallest absolute Gasteiger partial charge is 0.250 e. The van der Waals surface area contributed by atoms with Gasteiger partial charge in [0.25, 0.3) is 0 Å². The van der Waals surface area contributed by atoms with Crippen molar-refractivity contribution in [3.63, 3.8) is 0 Å². The highest BCUT2D eigenvalue weighted by molar-refractivity contribution is 7.91. The van der Waals surface area contributed by atoms with Crippen molar-refractivity contribution >= 4 is 39.7 Å². The van der Waals surface area contributed by atoms with Crippen LogP contribution in [-0.4, -0.2) is 34.0 Å². The minimum Gasteiger partial charge on any atom is -0.351 e. The van der Waals surface area contributed by atoms with E-state index < -0.39 is 10.0 Å². The van der Waals surface area contributed by atoms with Crippen molar-refractivity contribution in [2.45, 2.75) is 24.6 Å². The Morgan fingerprint density at radius 3 is 2.60 bits per heavy atom. The fourth-order valence-corrected chi connectivity index (χ4v) is 3.70. The van der Waals surface area contributed by atoms with Crippen LogP contribution in [0.4, 0.5) is 0 Å². The van der Waals surface area contributed by atoms with Gasteiger partial charge in [-0.1, -0.05) is 6.92 Å². The molecule has 116 valence electrons. The van der Waals surface area contributed by atoms with Crippen LogP contribution in [0.15, 0.2) is 16.3 Å². The average Bonchev–Trinajstić information content (AvgIpc) is 2.82. The molecule has 0 aromatic carbocycles. The van der Waals surface area contributed by atoms with Crippen LogP contribution in [0.2, 0.25) is 0 Å². The summed E-state index contributed by atoms with van der Waals surface area (Å²) in [4.78, 5) is 11.6. The molecule has 0 bridgehead atoms. The molecule has 6 nitrogen and oxygen atoms in total. The third-order valence-electron chi connectivity index (χ3n) is 2.26. The van der Waals surface area contributed by atoms with Crippen LogP contribution in [0.3, 0.4) is 0 Å². The Labute approximate surface area is 129 Å². The van der Waals surface area contributed by atoms with E-state index in [1.807, 2.05) is 6.92 Å². The highest BCUT2D eigenvalue weighted by Crippen LogP contribution is 2.21. The Hall–Kier alpha value is -0.670. The molecule has 0 spiro atoms. The Kier molecular flexibility index (Phi) is 8.99. The summed E-state index contributed by atoms with van der Waals surface area (Å²) in [7, 11) is -3.44. The maximum absolute atomic E-state index is 11.9. The van der Waals surface area contributed by atoms with Gasteiger partial charge in [0.15, 0.2) is 0 Å². The number of amides is 1. The Bertz CT molecular complexity index is 517. The lowest BCUT2D eigenvalue weighted by atomic mass is 10.4. The SMILES string of the molecule is CCNCCNS(=O)(=O)c1ccc(CNC(C)=O)s1.Cl. The van der Waals surface area contributed by atoms with Crippen LogP contribution in [0, 0.1) is 0 Å². The summed E-state index contributed by atoms with van der Waals surface area (Å²) in [6.45, 7) is 5.50. The first-order valence-electron chi connectivity index (χ1n) is 5.99. The summed E-state index contributed by atoms with van der Waals surface area (Å²) in [5.74, 6) is -0.137. The molecule has 0 atom stereocenters. The van der Waals surface area contributed by atoms with Crippen LogP contribution in [0.1, 0.15) is 18.7 Å². The number of carbonyl (C=O) groups excluding carboxylic acids is 1. The largest absolute Gasteiger partial charge is 0.351 e. The fraction of sp³-hybridized carbons (Fsp3) is 0.545. The first-order chi connectivity index (χ1) is 8.95. The van der Waals surface area contributed by atoms with E-state index in [9.17, 15) is 13.2 Å². The molecule has 1 amide bonds. The van der Waals surface area contributed by atoms with E-state index in [0.717, 1.165) is 22.8 Å². The second-order valence-electron chi connectivity index (χ2n) is 3.88. The molecule has 0 aliphatic rings. The molecule has 1 heterocycles. The van der Waals surface area contributed by atoms with Crippen molar-refractivity contribution in [3.8, 4) is 0 Å². The summed E-state index contributed by atoms with van der Waals surface area (Å²) >= 11 is 1.16. The van der Waals surface area contributed by atoms with Gasteiger partial charge in [0.05, 0.1) is 6.54 Å². The van der Waals surface area contributed by atoms with Crippen LogP contribution in [0.25, 0.3) is 0 Å². The molecule has 9 heteroatoms. The van der Waals surface area contributed by atoms with Gasteiger partial charge in [-0.05, 0) is 18.7 Å². The topological polar surface area (TPSA) is 87.3 Å². The molecule has 0 aliphatic heterocycles. The van der Waals surface area contributed by atoms with Gasteiger partial charge in [0.1, 0.15) is 4.21 Å². The molecule has 0 saturated heterocycles. The Morgan fingerprint density at radius 1 is 1.30 bits per heavy atom. The molecule has 0 radical (unpaired) electrons. The molecule has 3 N–H and O–H groups in total. The van der Waals surface area contributed by atoms with Crippen molar-refractivity contribution < 1.29 is 13.2 Å². The number of thiophene rings is 1. The van der Waals surface area contributed by atoms with Crippen LogP contribution in [-0.2, 0) is 21.4 Å². The highest BCUT2D eigenvalue weighted by Gasteiger charge is 2.15. The first-order valence-corrected chi connectivity index (χ1v) is 8.29. The predicted octanol–water partition coefficient (Wildman–Crippen LogP) is 0.694. The van der Waals surface area contributed by atoms with E-state index in [0.29, 0.717) is 19.6 Å². The van der Waals surface area contributed by atoms with Gasteiger partial charge in [0, 0.05) is 24.9 Å². The molecule has 20 heavy (non-hydrogen) atoms. The summed E-state index contributed by atoms with van der Waals surface area (Å²) in [5.41, 5.74) is 0. The summed E-state index contributed by atoms with van der Waals surface area (Å²) in [6, 6.07) is 3.26. The molecule has 0 saturated carbocycles. The number of nitrogens with one attached hydrogen (secondary N) is 3. The zero-order valence-electron chi connectivity index (χ0n) is 11.4. The summed E-state index contributed by atoms with van der Waals surface area (Å²) < 4.78 is 26.7. The highest BCUT2D eigenvalue weighted by atomic mass is 35.5. The van der Waals surface area contributed by atoms with E-state index >= 15 is 0 Å². The van der Waals surface area contributed by atoms with Gasteiger partial charge in [-0.3, -0.25) is 4.79 Å². The van der Waals surface area contributed by atoms with Crippen molar-refractivity contribution in [2.75, 3.05) is 19.6 Å². The molecular weight excluding hydrogens is 322 g/mol. The molecule has 1 rings (SSSR count). The number of carbonyl (C=O) groups is 1. The third-order valence-corrected chi connectivity index (χ3v) is 5.30. The van der Waals surface area contributed by atoms with E-state index in [1.165, 1.54) is 6.92 Å². The van der Waals surface area contributed by atoms with Crippen molar-refractivity contribution in [3.05, 3.63) is 17.0 Å². The third kappa shape index (κ3) is 6.67. The van der Waals surface area contributed by atoms with E-state index in [1.54, 1.807) is 12.1 Å². The minimum absolute atomic E-state index is 0. The monoisotopic (exact) mass is 341 g/mol. The molecular formula is C11H20ClN3O3S2. The van der Waals surface area contributed by atoms with Crippen LogP contribution >= 0.6 is 23.7 Å². The maximum atomic E-state index is 11.9. The van der Waals surface area contributed by atoms with Gasteiger partial charge in [-0.25, -0.2) is 13.1 Å². The second-order valence-corrected chi connectivity index (χ2v) is 7.04. The van der Waals surface area contributed by atoms with Gasteiger partial charge >= 0.3 is 0 Å². The van der Waals surface area contributed by atoms with Gasteiger partial charge in [-0.15, -0.1) is 23.7 Å². The summed E-state index contributed by atoms with van der Waals surface area (Å²) in [5, 5.41) is 5.67. The zero-order valence-corrected chi connectivity index (χ0v) is 13.9. The molecule has 0 fully saturated rings. The predicted molar refractivity (Wildman–Crippen MR) is 82.8 cm³/mol. The van der Waals surface area contributed by atoms with Crippen LogP contribution in [0.5, 0.6) is 0 Å². The molecule has 1 aromatic rings. The number of rotatable bonds is 8. The minimum atomic E-state index is -3.44. The number of halogens is 1. The van der Waals surface area contributed by atoms with E-state index in [-0.39, 0.29) is 22.5 Å². The van der Waals surface area contributed by atoms with E-state index in [4.69, 9.17) is 0 Å². The van der Waals surface area contributed by atoms with Crippen molar-refractivity contribution in [1.82, 2.24) is 15.4 Å². The quantitative estimate of drug-likeness (QED) is 0.607. The standard InChI is InChI=1S/C11H19N3O3S2.ClH/c1-3-12-6-7-14-19(16,17)11-5-4-10(18-11)8-13-9(2)15;/h4-5,12,14H,3,6-8H2,1-2H3,(H,13,15);1H. The molecule has 0 unspecified atom stereocenters.